The molecular formula is C20H18F3N3O2S. The molecule has 0 bridgehead atoms. The summed E-state index contributed by atoms with van der Waals surface area (Å²) in [6.45, 7) is 1.99. The molecule has 3 rings (SSSR count). The molecule has 0 spiro atoms. The molecule has 1 atom stereocenters. The maximum absolute atomic E-state index is 12.9. The normalized spacial score (nSPS) is 18.0. The number of aliphatic imine (C=N–C) groups is 1. The van der Waals surface area contributed by atoms with Crippen LogP contribution in [0.3, 0.4) is 0 Å². The minimum absolute atomic E-state index is 0.0402. The van der Waals surface area contributed by atoms with Gasteiger partial charge < -0.3 is 10.2 Å². The molecule has 1 heterocycles. The van der Waals surface area contributed by atoms with Crippen molar-refractivity contribution >= 4 is 34.4 Å². The highest BCUT2D eigenvalue weighted by molar-refractivity contribution is 8.15. The Balaban J connectivity index is 1.67. The highest BCUT2D eigenvalue weighted by Gasteiger charge is 2.34. The Morgan fingerprint density at radius 2 is 1.90 bits per heavy atom. The number of nitrogens with zero attached hydrogens (tertiary/aromatic N) is 2. The van der Waals surface area contributed by atoms with E-state index in [1.807, 2.05) is 31.2 Å². The highest BCUT2D eigenvalue weighted by atomic mass is 32.2. The second-order valence-corrected chi connectivity index (χ2v) is 7.80. The number of hydrogen-bond donors (Lipinski definition) is 1. The van der Waals surface area contributed by atoms with Gasteiger partial charge in [-0.2, -0.15) is 13.2 Å². The summed E-state index contributed by atoms with van der Waals surface area (Å²) in [7, 11) is 1.45. The lowest BCUT2D eigenvalue weighted by atomic mass is 10.1. The Morgan fingerprint density at radius 1 is 1.21 bits per heavy atom. The summed E-state index contributed by atoms with van der Waals surface area (Å²) in [4.78, 5) is 30.3. The maximum atomic E-state index is 12.9. The van der Waals surface area contributed by atoms with Gasteiger partial charge in [-0.3, -0.25) is 9.59 Å². The van der Waals surface area contributed by atoms with E-state index in [0.717, 1.165) is 17.7 Å². The number of amidine groups is 1. The van der Waals surface area contributed by atoms with Crippen LogP contribution in [0.5, 0.6) is 0 Å². The average Bonchev–Trinajstić information content (AvgIpc) is 3.01. The molecule has 0 saturated carbocycles. The van der Waals surface area contributed by atoms with Crippen molar-refractivity contribution < 1.29 is 22.8 Å². The molecule has 2 aromatic rings. The molecular weight excluding hydrogens is 403 g/mol. The molecule has 5 nitrogen and oxygen atoms in total. The summed E-state index contributed by atoms with van der Waals surface area (Å²) in [6, 6.07) is 11.7. The first-order valence-electron chi connectivity index (χ1n) is 8.69. The van der Waals surface area contributed by atoms with Crippen molar-refractivity contribution in [3.8, 4) is 0 Å². The molecule has 0 aliphatic carbocycles. The molecule has 1 N–H and O–H groups in total. The first-order valence-corrected chi connectivity index (χ1v) is 9.57. The van der Waals surface area contributed by atoms with Crippen molar-refractivity contribution in [2.75, 3.05) is 13.6 Å². The summed E-state index contributed by atoms with van der Waals surface area (Å²) in [5.41, 5.74) is 0.800. The average molecular weight is 421 g/mol. The van der Waals surface area contributed by atoms with Crippen LogP contribution in [0.25, 0.3) is 0 Å². The first-order chi connectivity index (χ1) is 13.6. The first kappa shape index (κ1) is 20.9. The van der Waals surface area contributed by atoms with Gasteiger partial charge in [-0.05, 0) is 37.3 Å². The number of thioether (sulfide) groups is 1. The molecule has 0 aromatic heterocycles. The van der Waals surface area contributed by atoms with E-state index in [1.165, 1.54) is 35.8 Å². The Morgan fingerprint density at radius 3 is 2.55 bits per heavy atom. The Kier molecular flexibility index (Phi) is 5.97. The number of carbonyl (C=O) groups is 2. The SMILES string of the molecule is Cc1ccc(N=C2NC(=O)C(CN(C)C(=O)c3cccc(C(F)(F)F)c3)S2)cc1. The van der Waals surface area contributed by atoms with Gasteiger partial charge in [-0.25, -0.2) is 4.99 Å². The van der Waals surface area contributed by atoms with Crippen LogP contribution in [0.2, 0.25) is 0 Å². The summed E-state index contributed by atoms with van der Waals surface area (Å²) < 4.78 is 38.6. The minimum atomic E-state index is -4.53. The van der Waals surface area contributed by atoms with E-state index in [9.17, 15) is 22.8 Å². The summed E-state index contributed by atoms with van der Waals surface area (Å²) in [6.07, 6.45) is -4.53. The van der Waals surface area contributed by atoms with E-state index >= 15 is 0 Å². The number of rotatable bonds is 4. The molecule has 1 aliphatic heterocycles. The third kappa shape index (κ3) is 5.17. The molecule has 2 amide bonds. The third-order valence-electron chi connectivity index (χ3n) is 4.26. The van der Waals surface area contributed by atoms with Gasteiger partial charge >= 0.3 is 6.18 Å². The van der Waals surface area contributed by atoms with Gasteiger partial charge in [0.1, 0.15) is 5.25 Å². The lowest BCUT2D eigenvalue weighted by molar-refractivity contribution is -0.137. The summed E-state index contributed by atoms with van der Waals surface area (Å²) in [5.74, 6) is -0.891. The fourth-order valence-corrected chi connectivity index (χ4v) is 3.75. The van der Waals surface area contributed by atoms with Crippen LogP contribution in [-0.2, 0) is 11.0 Å². The van der Waals surface area contributed by atoms with Crippen molar-refractivity contribution in [1.29, 1.82) is 0 Å². The minimum Gasteiger partial charge on any atom is -0.340 e. The number of benzene rings is 2. The molecule has 1 fully saturated rings. The molecule has 1 saturated heterocycles. The summed E-state index contributed by atoms with van der Waals surface area (Å²) >= 11 is 1.18. The van der Waals surface area contributed by atoms with E-state index in [0.29, 0.717) is 10.9 Å². The molecule has 0 radical (unpaired) electrons. The number of carbonyl (C=O) groups excluding carboxylic acids is 2. The number of aryl methyl sites for hydroxylation is 1. The lowest BCUT2D eigenvalue weighted by Gasteiger charge is -2.19. The van der Waals surface area contributed by atoms with Crippen LogP contribution < -0.4 is 5.32 Å². The van der Waals surface area contributed by atoms with Gasteiger partial charge in [0.05, 0.1) is 11.3 Å². The van der Waals surface area contributed by atoms with Gasteiger partial charge in [-0.1, -0.05) is 35.5 Å². The molecule has 2 aromatic carbocycles. The van der Waals surface area contributed by atoms with Crippen LogP contribution in [-0.4, -0.2) is 40.7 Å². The quantitative estimate of drug-likeness (QED) is 0.812. The monoisotopic (exact) mass is 421 g/mol. The zero-order valence-electron chi connectivity index (χ0n) is 15.7. The van der Waals surface area contributed by atoms with Gasteiger partial charge in [0, 0.05) is 19.2 Å². The Labute approximate surface area is 170 Å². The molecule has 29 heavy (non-hydrogen) atoms. The van der Waals surface area contributed by atoms with Crippen LogP contribution in [0, 0.1) is 6.92 Å². The van der Waals surface area contributed by atoms with Crippen molar-refractivity contribution in [3.05, 3.63) is 65.2 Å². The predicted octanol–water partition coefficient (Wildman–Crippen LogP) is 4.01. The van der Waals surface area contributed by atoms with Crippen LogP contribution >= 0.6 is 11.8 Å². The number of alkyl halides is 3. The standard InChI is InChI=1S/C20H18F3N3O2S/c1-12-6-8-15(9-7-12)24-19-25-17(27)16(29-19)11-26(2)18(28)13-4-3-5-14(10-13)20(21,22)23/h3-10,16H,11H2,1-2H3,(H,24,25,27). The van der Waals surface area contributed by atoms with Gasteiger partial charge in [0.15, 0.2) is 5.17 Å². The number of halogens is 3. The van der Waals surface area contributed by atoms with Crippen molar-refractivity contribution in [2.45, 2.75) is 18.3 Å². The predicted molar refractivity (Wildman–Crippen MR) is 106 cm³/mol. The van der Waals surface area contributed by atoms with E-state index in [4.69, 9.17) is 0 Å². The Bertz CT molecular complexity index is 958. The van der Waals surface area contributed by atoms with Crippen molar-refractivity contribution in [1.82, 2.24) is 10.2 Å². The topological polar surface area (TPSA) is 61.8 Å². The lowest BCUT2D eigenvalue weighted by Crippen LogP contribution is -2.37. The zero-order valence-corrected chi connectivity index (χ0v) is 16.5. The number of amides is 2. The fraction of sp³-hybridized carbons (Fsp3) is 0.250. The highest BCUT2D eigenvalue weighted by Crippen LogP contribution is 2.30. The smallest absolute Gasteiger partial charge is 0.340 e. The summed E-state index contributed by atoms with van der Waals surface area (Å²) in [5, 5.41) is 2.49. The van der Waals surface area contributed by atoms with Gasteiger partial charge in [-0.15, -0.1) is 0 Å². The zero-order chi connectivity index (χ0) is 21.2. The van der Waals surface area contributed by atoms with Crippen LogP contribution in [0.1, 0.15) is 21.5 Å². The number of nitrogens with one attached hydrogen (secondary N) is 1. The molecule has 1 aliphatic rings. The molecule has 1 unspecified atom stereocenters. The largest absolute Gasteiger partial charge is 0.416 e. The Hall–Kier alpha value is -2.81. The molecule has 9 heteroatoms. The second-order valence-electron chi connectivity index (χ2n) is 6.61. The van der Waals surface area contributed by atoms with Gasteiger partial charge in [0.25, 0.3) is 5.91 Å². The van der Waals surface area contributed by atoms with E-state index < -0.39 is 22.9 Å². The van der Waals surface area contributed by atoms with Gasteiger partial charge in [0.2, 0.25) is 5.91 Å². The van der Waals surface area contributed by atoms with Crippen LogP contribution in [0.15, 0.2) is 53.5 Å². The van der Waals surface area contributed by atoms with Crippen molar-refractivity contribution in [3.63, 3.8) is 0 Å². The number of hydrogen-bond acceptors (Lipinski definition) is 4. The van der Waals surface area contributed by atoms with E-state index in [2.05, 4.69) is 10.3 Å². The fourth-order valence-electron chi connectivity index (χ4n) is 2.70. The maximum Gasteiger partial charge on any atom is 0.416 e. The molecule has 152 valence electrons. The second kappa shape index (κ2) is 8.28. The third-order valence-corrected chi connectivity index (χ3v) is 5.33. The van der Waals surface area contributed by atoms with Crippen LogP contribution in [0.4, 0.5) is 18.9 Å². The van der Waals surface area contributed by atoms with E-state index in [1.54, 1.807) is 0 Å². The van der Waals surface area contributed by atoms with Crippen molar-refractivity contribution in [2.24, 2.45) is 4.99 Å². The van der Waals surface area contributed by atoms with E-state index in [-0.39, 0.29) is 18.0 Å².